The zero-order chi connectivity index (χ0) is 25.9. The van der Waals surface area contributed by atoms with E-state index in [4.69, 9.17) is 4.74 Å². The number of carbonyl (C=O) groups is 3. The van der Waals surface area contributed by atoms with E-state index >= 15 is 0 Å². The highest BCUT2D eigenvalue weighted by atomic mass is 16.5. The number of carbonyl (C=O) groups excluding carboxylic acids is 3. The van der Waals surface area contributed by atoms with E-state index in [2.05, 4.69) is 15.6 Å². The van der Waals surface area contributed by atoms with Gasteiger partial charge in [0.05, 0.1) is 19.8 Å². The number of nitrogens with one attached hydrogen (secondary N) is 3. The first-order valence-electron chi connectivity index (χ1n) is 12.7. The quantitative estimate of drug-likeness (QED) is 0.374. The van der Waals surface area contributed by atoms with E-state index in [0.29, 0.717) is 43.8 Å². The molecule has 0 bridgehead atoms. The monoisotopic (exact) mass is 504 g/mol. The fourth-order valence-electron chi connectivity index (χ4n) is 5.54. The Morgan fingerprint density at radius 1 is 1.19 bits per heavy atom. The molecule has 2 saturated heterocycles. The van der Waals surface area contributed by atoms with E-state index in [1.54, 1.807) is 18.1 Å². The molecule has 0 spiro atoms. The maximum Gasteiger partial charge on any atom is 0.271 e. The third-order valence-corrected chi connectivity index (χ3v) is 7.51. The summed E-state index contributed by atoms with van der Waals surface area (Å²) in [6.07, 6.45) is 1.50. The summed E-state index contributed by atoms with van der Waals surface area (Å²) < 4.78 is 5.44. The lowest BCUT2D eigenvalue weighted by atomic mass is 9.95. The molecule has 2 aromatic carbocycles. The predicted molar refractivity (Wildman–Crippen MR) is 138 cm³/mol. The highest BCUT2D eigenvalue weighted by molar-refractivity contribution is 6.02. The molecule has 4 N–H and O–H groups in total. The second-order valence-electron chi connectivity index (χ2n) is 9.82. The van der Waals surface area contributed by atoms with E-state index in [-0.39, 0.29) is 36.2 Å². The molecule has 3 amide bonds. The minimum atomic E-state index is -0.711. The number of aromatic amines is 1. The molecule has 0 saturated carbocycles. The van der Waals surface area contributed by atoms with Crippen LogP contribution in [0.25, 0.3) is 10.9 Å². The van der Waals surface area contributed by atoms with E-state index in [1.807, 2.05) is 48.5 Å². The first kappa shape index (κ1) is 24.8. The van der Waals surface area contributed by atoms with Gasteiger partial charge in [-0.25, -0.2) is 0 Å². The third kappa shape index (κ3) is 5.04. The van der Waals surface area contributed by atoms with Gasteiger partial charge in [0.25, 0.3) is 5.91 Å². The van der Waals surface area contributed by atoms with Gasteiger partial charge in [0.15, 0.2) is 0 Å². The van der Waals surface area contributed by atoms with Crippen LogP contribution in [-0.4, -0.2) is 71.6 Å². The average molecular weight is 505 g/mol. The number of H-pyrrole nitrogens is 1. The smallest absolute Gasteiger partial charge is 0.271 e. The Morgan fingerprint density at radius 3 is 2.70 bits per heavy atom. The molecule has 2 aliphatic heterocycles. The van der Waals surface area contributed by atoms with Crippen LogP contribution >= 0.6 is 0 Å². The number of rotatable bonds is 8. The van der Waals surface area contributed by atoms with Gasteiger partial charge in [-0.05, 0) is 43.0 Å². The van der Waals surface area contributed by atoms with Crippen molar-refractivity contribution in [1.82, 2.24) is 20.5 Å². The zero-order valence-electron chi connectivity index (χ0n) is 20.8. The molecule has 194 valence electrons. The van der Waals surface area contributed by atoms with Gasteiger partial charge in [0, 0.05) is 35.8 Å². The van der Waals surface area contributed by atoms with Crippen molar-refractivity contribution in [2.24, 2.45) is 5.92 Å². The fraction of sp³-hybridized carbons (Fsp3) is 0.393. The summed E-state index contributed by atoms with van der Waals surface area (Å²) in [7, 11) is 1.58. The summed E-state index contributed by atoms with van der Waals surface area (Å²) in [6.45, 7) is 0.719. The Bertz CT molecular complexity index is 1290. The molecule has 5 rings (SSSR count). The standard InChI is InChI=1S/C28H32N4O5/c1-37-25-9-5-8-22-21(25)14-23(31-22)28(36)32-15-19(17-6-3-2-4-7-17)13-24(32)27(35)30-20(16-33)12-18-10-11-29-26(18)34/h2-9,14,18-20,24,31,33H,10-13,15-16H2,1H3,(H,29,34)(H,30,35)/t18-,19+,20-,24-/m0/s1. The highest BCUT2D eigenvalue weighted by Crippen LogP contribution is 2.34. The van der Waals surface area contributed by atoms with Gasteiger partial charge in [-0.3, -0.25) is 14.4 Å². The summed E-state index contributed by atoms with van der Waals surface area (Å²) in [4.78, 5) is 44.1. The van der Waals surface area contributed by atoms with Crippen molar-refractivity contribution in [3.63, 3.8) is 0 Å². The molecule has 4 atom stereocenters. The number of nitrogens with zero attached hydrogens (tertiary/aromatic N) is 1. The second-order valence-corrected chi connectivity index (χ2v) is 9.82. The van der Waals surface area contributed by atoms with Crippen molar-refractivity contribution >= 4 is 28.6 Å². The van der Waals surface area contributed by atoms with Crippen molar-refractivity contribution < 1.29 is 24.2 Å². The van der Waals surface area contributed by atoms with Crippen molar-refractivity contribution in [2.75, 3.05) is 26.8 Å². The molecule has 2 aliphatic rings. The first-order chi connectivity index (χ1) is 18.0. The highest BCUT2D eigenvalue weighted by Gasteiger charge is 2.41. The largest absolute Gasteiger partial charge is 0.496 e. The molecule has 0 aliphatic carbocycles. The zero-order valence-corrected chi connectivity index (χ0v) is 20.8. The molecule has 3 aromatic rings. The van der Waals surface area contributed by atoms with Gasteiger partial charge in [0.1, 0.15) is 17.5 Å². The summed E-state index contributed by atoms with van der Waals surface area (Å²) >= 11 is 0. The van der Waals surface area contributed by atoms with E-state index in [9.17, 15) is 19.5 Å². The van der Waals surface area contributed by atoms with E-state index in [1.165, 1.54) is 0 Å². The van der Waals surface area contributed by atoms with Crippen LogP contribution in [0.3, 0.4) is 0 Å². The summed E-state index contributed by atoms with van der Waals surface area (Å²) in [5, 5.41) is 16.4. The van der Waals surface area contributed by atoms with Crippen LogP contribution < -0.4 is 15.4 Å². The van der Waals surface area contributed by atoms with Crippen molar-refractivity contribution in [3.8, 4) is 5.75 Å². The number of aliphatic hydroxyl groups excluding tert-OH is 1. The number of amides is 3. The van der Waals surface area contributed by atoms with Gasteiger partial charge >= 0.3 is 0 Å². The lowest BCUT2D eigenvalue weighted by molar-refractivity contribution is -0.127. The van der Waals surface area contributed by atoms with Crippen LogP contribution in [0.15, 0.2) is 54.6 Å². The van der Waals surface area contributed by atoms with Crippen LogP contribution in [-0.2, 0) is 9.59 Å². The number of aliphatic hydroxyl groups is 1. The number of hydrogen-bond acceptors (Lipinski definition) is 5. The van der Waals surface area contributed by atoms with E-state index in [0.717, 1.165) is 16.5 Å². The third-order valence-electron chi connectivity index (χ3n) is 7.51. The van der Waals surface area contributed by atoms with Gasteiger partial charge in [-0.2, -0.15) is 0 Å². The fourth-order valence-corrected chi connectivity index (χ4v) is 5.54. The molecule has 0 radical (unpaired) electrons. The van der Waals surface area contributed by atoms with Crippen LogP contribution in [0.2, 0.25) is 0 Å². The van der Waals surface area contributed by atoms with Crippen molar-refractivity contribution in [2.45, 2.75) is 37.3 Å². The molecular weight excluding hydrogens is 472 g/mol. The van der Waals surface area contributed by atoms with Gasteiger partial charge in [-0.1, -0.05) is 36.4 Å². The Labute approximate surface area is 215 Å². The normalized spacial score (nSPS) is 22.2. The Balaban J connectivity index is 1.39. The lowest BCUT2D eigenvalue weighted by Crippen LogP contribution is -2.50. The Kier molecular flexibility index (Phi) is 7.14. The number of aromatic nitrogens is 1. The topological polar surface area (TPSA) is 124 Å². The van der Waals surface area contributed by atoms with Crippen LogP contribution in [0.5, 0.6) is 5.75 Å². The number of hydrogen-bond donors (Lipinski definition) is 4. The minimum Gasteiger partial charge on any atom is -0.496 e. The number of benzene rings is 2. The number of fused-ring (bicyclic) bond motifs is 1. The van der Waals surface area contributed by atoms with Crippen molar-refractivity contribution in [1.29, 1.82) is 0 Å². The van der Waals surface area contributed by atoms with Gasteiger partial charge in [-0.15, -0.1) is 0 Å². The molecule has 0 unspecified atom stereocenters. The van der Waals surface area contributed by atoms with Crippen LogP contribution in [0.1, 0.15) is 41.2 Å². The predicted octanol–water partition coefficient (Wildman–Crippen LogP) is 2.18. The van der Waals surface area contributed by atoms with E-state index < -0.39 is 12.1 Å². The average Bonchev–Trinajstić information content (AvgIpc) is 3.66. The molecule has 9 nitrogen and oxygen atoms in total. The Morgan fingerprint density at radius 2 is 2.00 bits per heavy atom. The SMILES string of the molecule is COc1cccc2[nH]c(C(=O)N3C[C@H](c4ccccc4)C[C@H]3C(=O)N[C@H](CO)C[C@@H]3CCNC3=O)cc12. The molecule has 2 fully saturated rings. The maximum absolute atomic E-state index is 13.8. The van der Waals surface area contributed by atoms with Gasteiger partial charge < -0.3 is 30.4 Å². The molecule has 9 heteroatoms. The summed E-state index contributed by atoms with van der Waals surface area (Å²) in [5.41, 5.74) is 2.22. The number of ether oxygens (including phenoxy) is 1. The minimum absolute atomic E-state index is 0.00648. The molecular formula is C28H32N4O5. The lowest BCUT2D eigenvalue weighted by Gasteiger charge is -2.26. The maximum atomic E-state index is 13.8. The van der Waals surface area contributed by atoms with Gasteiger partial charge in [0.2, 0.25) is 11.8 Å². The first-order valence-corrected chi connectivity index (χ1v) is 12.7. The Hall–Kier alpha value is -3.85. The van der Waals surface area contributed by atoms with Crippen LogP contribution in [0.4, 0.5) is 0 Å². The molecule has 1 aromatic heterocycles. The number of likely N-dealkylation sites (tertiary alicyclic amines) is 1. The summed E-state index contributed by atoms with van der Waals surface area (Å²) in [6, 6.07) is 15.9. The molecule has 37 heavy (non-hydrogen) atoms. The van der Waals surface area contributed by atoms with Crippen molar-refractivity contribution in [3.05, 3.63) is 65.9 Å². The number of methoxy groups -OCH3 is 1. The molecule has 3 heterocycles. The second kappa shape index (κ2) is 10.6. The summed E-state index contributed by atoms with van der Waals surface area (Å²) in [5.74, 6) is -0.230. The van der Waals surface area contributed by atoms with Crippen LogP contribution in [0, 0.1) is 5.92 Å².